The van der Waals surface area contributed by atoms with Crippen LogP contribution in [0.5, 0.6) is 0 Å². The molecule has 1 nitrogen and oxygen atoms in total. The molecule has 0 aromatic heterocycles. The number of rotatable bonds is 3. The van der Waals surface area contributed by atoms with Gasteiger partial charge in [0.1, 0.15) is 0 Å². The molecule has 0 radical (unpaired) electrons. The van der Waals surface area contributed by atoms with Crippen molar-refractivity contribution >= 4 is 35.1 Å². The molecule has 0 bridgehead atoms. The van der Waals surface area contributed by atoms with Gasteiger partial charge in [-0.25, -0.2) is 0 Å². The summed E-state index contributed by atoms with van der Waals surface area (Å²) in [6, 6.07) is 0. The van der Waals surface area contributed by atoms with Crippen LogP contribution in [0.3, 0.4) is 0 Å². The van der Waals surface area contributed by atoms with Crippen molar-refractivity contribution in [3.05, 3.63) is 0 Å². The van der Waals surface area contributed by atoms with Gasteiger partial charge in [-0.1, -0.05) is 0 Å². The Kier molecular flexibility index (Phi) is 5.08. The van der Waals surface area contributed by atoms with E-state index in [9.17, 15) is 5.11 Å². The minimum atomic E-state index is -0.306. The van der Waals surface area contributed by atoms with Crippen LogP contribution in [0.4, 0.5) is 0 Å². The highest BCUT2D eigenvalue weighted by atomic mass is 35.5. The van der Waals surface area contributed by atoms with Gasteiger partial charge in [0.15, 0.2) is 0 Å². The van der Waals surface area contributed by atoms with Gasteiger partial charge in [-0.3, -0.25) is 0 Å². The smallest absolute Gasteiger partial charge is 0.0694 e. The van der Waals surface area contributed by atoms with Crippen LogP contribution in [-0.2, 0) is 0 Å². The normalized spacial score (nSPS) is 23.5. The Morgan fingerprint density at radius 1 is 1.45 bits per heavy atom. The van der Waals surface area contributed by atoms with Gasteiger partial charge in [-0.05, 0) is 24.3 Å². The van der Waals surface area contributed by atoms with Crippen molar-refractivity contribution in [2.75, 3.05) is 17.4 Å². The van der Waals surface area contributed by atoms with E-state index in [4.69, 9.17) is 11.6 Å². The van der Waals surface area contributed by atoms with Gasteiger partial charge in [0, 0.05) is 5.88 Å². The lowest BCUT2D eigenvalue weighted by Gasteiger charge is -2.22. The Morgan fingerprint density at radius 2 is 2.09 bits per heavy atom. The minimum Gasteiger partial charge on any atom is -0.392 e. The fourth-order valence-corrected chi connectivity index (χ4v) is 4.09. The highest BCUT2D eigenvalue weighted by molar-refractivity contribution is 8.17. The van der Waals surface area contributed by atoms with E-state index in [0.717, 1.165) is 6.42 Å². The summed E-state index contributed by atoms with van der Waals surface area (Å²) in [5, 5.41) is 9.25. The van der Waals surface area contributed by atoms with Crippen LogP contribution < -0.4 is 0 Å². The third kappa shape index (κ3) is 3.92. The van der Waals surface area contributed by atoms with Gasteiger partial charge >= 0.3 is 0 Å². The molecule has 1 aliphatic heterocycles. The van der Waals surface area contributed by atoms with Gasteiger partial charge in [0.05, 0.1) is 10.7 Å². The molecule has 0 amide bonds. The minimum absolute atomic E-state index is 0.306. The standard InChI is InChI=1S/C7H13ClOS2/c8-5-6(9)4-7-10-2-1-3-11-7/h6-7,9H,1-5H2. The number of thioether (sulfide) groups is 2. The van der Waals surface area contributed by atoms with E-state index in [1.165, 1.54) is 17.9 Å². The molecule has 66 valence electrons. The predicted octanol–water partition coefficient (Wildman–Crippen LogP) is 2.17. The van der Waals surface area contributed by atoms with Gasteiger partial charge in [-0.15, -0.1) is 35.1 Å². The van der Waals surface area contributed by atoms with E-state index in [-0.39, 0.29) is 6.10 Å². The Bertz CT molecular complexity index is 107. The zero-order chi connectivity index (χ0) is 8.10. The lowest BCUT2D eigenvalue weighted by atomic mass is 10.3. The van der Waals surface area contributed by atoms with Crippen molar-refractivity contribution in [3.8, 4) is 0 Å². The van der Waals surface area contributed by atoms with Crippen molar-refractivity contribution in [2.45, 2.75) is 23.5 Å². The van der Waals surface area contributed by atoms with E-state index in [1.54, 1.807) is 0 Å². The van der Waals surface area contributed by atoms with Gasteiger partial charge < -0.3 is 5.11 Å². The molecule has 0 aliphatic carbocycles. The molecule has 1 fully saturated rings. The Labute approximate surface area is 81.3 Å². The molecule has 4 heteroatoms. The van der Waals surface area contributed by atoms with E-state index in [1.807, 2.05) is 23.5 Å². The first-order valence-corrected chi connectivity index (χ1v) is 6.43. The summed E-state index contributed by atoms with van der Waals surface area (Å²) < 4.78 is 0.581. The number of aliphatic hydroxyl groups excluding tert-OH is 1. The first-order valence-electron chi connectivity index (χ1n) is 3.80. The first kappa shape index (κ1) is 10.0. The molecular formula is C7H13ClOS2. The van der Waals surface area contributed by atoms with E-state index in [0.29, 0.717) is 10.5 Å². The number of alkyl halides is 1. The zero-order valence-corrected chi connectivity index (χ0v) is 8.72. The van der Waals surface area contributed by atoms with Crippen molar-refractivity contribution < 1.29 is 5.11 Å². The molecule has 11 heavy (non-hydrogen) atoms. The highest BCUT2D eigenvalue weighted by Gasteiger charge is 2.17. The quantitative estimate of drug-likeness (QED) is 0.725. The highest BCUT2D eigenvalue weighted by Crippen LogP contribution is 2.33. The van der Waals surface area contributed by atoms with Crippen molar-refractivity contribution in [1.82, 2.24) is 0 Å². The molecule has 0 aromatic rings. The molecule has 1 rings (SSSR count). The predicted molar refractivity (Wildman–Crippen MR) is 54.7 cm³/mol. The maximum Gasteiger partial charge on any atom is 0.0694 e. The van der Waals surface area contributed by atoms with Crippen LogP contribution in [0, 0.1) is 0 Å². The molecule has 1 N–H and O–H groups in total. The molecule has 0 spiro atoms. The SMILES string of the molecule is OC(CCl)CC1SCCCS1. The number of aliphatic hydroxyl groups is 1. The summed E-state index contributed by atoms with van der Waals surface area (Å²) in [6.45, 7) is 0. The zero-order valence-electron chi connectivity index (χ0n) is 6.33. The van der Waals surface area contributed by atoms with Crippen LogP contribution in [-0.4, -0.2) is 33.2 Å². The maximum absolute atomic E-state index is 9.25. The summed E-state index contributed by atoms with van der Waals surface area (Å²) in [6.07, 6.45) is 1.85. The molecule has 0 saturated carbocycles. The van der Waals surface area contributed by atoms with Crippen molar-refractivity contribution in [1.29, 1.82) is 0 Å². The van der Waals surface area contributed by atoms with E-state index < -0.39 is 0 Å². The van der Waals surface area contributed by atoms with Gasteiger partial charge in [-0.2, -0.15) is 0 Å². The van der Waals surface area contributed by atoms with Crippen molar-refractivity contribution in [3.63, 3.8) is 0 Å². The Balaban J connectivity index is 2.13. The van der Waals surface area contributed by atoms with E-state index >= 15 is 0 Å². The second kappa shape index (κ2) is 5.57. The molecule has 1 aliphatic rings. The second-order valence-corrected chi connectivity index (χ2v) is 5.80. The fraction of sp³-hybridized carbons (Fsp3) is 1.00. The molecule has 1 atom stereocenters. The summed E-state index contributed by atoms with van der Waals surface area (Å²) in [7, 11) is 0. The first-order chi connectivity index (χ1) is 5.33. The number of hydrogen-bond acceptors (Lipinski definition) is 3. The fourth-order valence-electron chi connectivity index (χ4n) is 0.958. The largest absolute Gasteiger partial charge is 0.392 e. The van der Waals surface area contributed by atoms with Gasteiger partial charge in [0.25, 0.3) is 0 Å². The topological polar surface area (TPSA) is 20.2 Å². The monoisotopic (exact) mass is 212 g/mol. The number of hydrogen-bond donors (Lipinski definition) is 1. The lowest BCUT2D eigenvalue weighted by molar-refractivity contribution is 0.193. The summed E-state index contributed by atoms with van der Waals surface area (Å²) in [4.78, 5) is 0. The second-order valence-electron chi connectivity index (χ2n) is 2.57. The third-order valence-corrected chi connectivity index (χ3v) is 4.89. The molecule has 1 unspecified atom stereocenters. The van der Waals surface area contributed by atoms with Crippen LogP contribution >= 0.6 is 35.1 Å². The van der Waals surface area contributed by atoms with Gasteiger partial charge in [0.2, 0.25) is 0 Å². The molecule has 0 aromatic carbocycles. The lowest BCUT2D eigenvalue weighted by Crippen LogP contribution is -2.17. The molecule has 1 saturated heterocycles. The summed E-state index contributed by atoms with van der Waals surface area (Å²) in [5.41, 5.74) is 0. The maximum atomic E-state index is 9.25. The van der Waals surface area contributed by atoms with Crippen molar-refractivity contribution in [2.24, 2.45) is 0 Å². The third-order valence-electron chi connectivity index (χ3n) is 1.54. The molecular weight excluding hydrogens is 200 g/mol. The number of halogens is 1. The van der Waals surface area contributed by atoms with Crippen LogP contribution in [0.2, 0.25) is 0 Å². The summed E-state index contributed by atoms with van der Waals surface area (Å²) in [5.74, 6) is 2.86. The summed E-state index contributed by atoms with van der Waals surface area (Å²) >= 11 is 9.41. The average Bonchev–Trinajstić information content (AvgIpc) is 2.06. The van der Waals surface area contributed by atoms with Crippen LogP contribution in [0.1, 0.15) is 12.8 Å². The molecule has 1 heterocycles. The van der Waals surface area contributed by atoms with Crippen LogP contribution in [0.25, 0.3) is 0 Å². The van der Waals surface area contributed by atoms with E-state index in [2.05, 4.69) is 0 Å². The van der Waals surface area contributed by atoms with Crippen LogP contribution in [0.15, 0.2) is 0 Å². The Morgan fingerprint density at radius 3 is 2.64 bits per heavy atom. The average molecular weight is 213 g/mol. The Hall–Kier alpha value is 0.950.